The van der Waals surface area contributed by atoms with E-state index in [1.807, 2.05) is 37.3 Å². The molecule has 0 bridgehead atoms. The van der Waals surface area contributed by atoms with Gasteiger partial charge < -0.3 is 4.57 Å². The second-order valence-electron chi connectivity index (χ2n) is 5.43. The first-order valence-corrected chi connectivity index (χ1v) is 9.14. The van der Waals surface area contributed by atoms with Crippen molar-refractivity contribution in [2.45, 2.75) is 26.8 Å². The lowest BCUT2D eigenvalue weighted by Crippen LogP contribution is -2.16. The molecule has 1 amide bonds. The van der Waals surface area contributed by atoms with Crippen LogP contribution in [0.25, 0.3) is 10.2 Å². The summed E-state index contributed by atoms with van der Waals surface area (Å²) in [5.74, 6) is -0.194. The lowest BCUT2D eigenvalue weighted by molar-refractivity contribution is 0.0998. The minimum absolute atomic E-state index is 0.194. The molecule has 0 saturated carbocycles. The van der Waals surface area contributed by atoms with Crippen molar-refractivity contribution in [1.82, 2.24) is 4.57 Å². The van der Waals surface area contributed by atoms with Crippen molar-refractivity contribution in [3.8, 4) is 0 Å². The van der Waals surface area contributed by atoms with Gasteiger partial charge in [0.05, 0.1) is 10.2 Å². The average molecular weight is 389 g/mol. The number of thiazole rings is 1. The number of hydrogen-bond acceptors (Lipinski definition) is 2. The van der Waals surface area contributed by atoms with E-state index in [1.165, 1.54) is 0 Å². The standard InChI is InChI=1S/C18H17BrN2OS/c1-3-10-21-15-9-8-14(19)11-16(15)23-18(21)20-17(22)13-6-4-12(2)5-7-13/h4-9,11H,3,10H2,1-2H3. The molecule has 118 valence electrons. The predicted molar refractivity (Wildman–Crippen MR) is 98.9 cm³/mol. The second-order valence-corrected chi connectivity index (χ2v) is 7.36. The van der Waals surface area contributed by atoms with Crippen molar-refractivity contribution in [2.24, 2.45) is 4.99 Å². The number of fused-ring (bicyclic) bond motifs is 1. The Morgan fingerprint density at radius 3 is 2.65 bits per heavy atom. The van der Waals surface area contributed by atoms with Crippen LogP contribution < -0.4 is 4.80 Å². The van der Waals surface area contributed by atoms with Gasteiger partial charge in [-0.15, -0.1) is 0 Å². The van der Waals surface area contributed by atoms with Crippen LogP contribution in [0.1, 0.15) is 29.3 Å². The minimum atomic E-state index is -0.194. The Kier molecular flexibility index (Phi) is 4.78. The molecule has 23 heavy (non-hydrogen) atoms. The number of carbonyl (C=O) groups is 1. The number of aromatic nitrogens is 1. The highest BCUT2D eigenvalue weighted by molar-refractivity contribution is 9.10. The van der Waals surface area contributed by atoms with Crippen LogP contribution in [0.3, 0.4) is 0 Å². The first kappa shape index (κ1) is 16.1. The van der Waals surface area contributed by atoms with Gasteiger partial charge in [-0.05, 0) is 43.7 Å². The summed E-state index contributed by atoms with van der Waals surface area (Å²) in [6.45, 7) is 4.98. The van der Waals surface area contributed by atoms with Gasteiger partial charge in [0.25, 0.3) is 5.91 Å². The summed E-state index contributed by atoms with van der Waals surface area (Å²) >= 11 is 5.05. The zero-order valence-corrected chi connectivity index (χ0v) is 15.4. The normalized spacial score (nSPS) is 12.0. The number of amides is 1. The molecule has 0 unspecified atom stereocenters. The van der Waals surface area contributed by atoms with Gasteiger partial charge in [-0.3, -0.25) is 4.79 Å². The van der Waals surface area contributed by atoms with Gasteiger partial charge in [0.2, 0.25) is 0 Å². The molecule has 0 saturated heterocycles. The van der Waals surface area contributed by atoms with Crippen molar-refractivity contribution < 1.29 is 4.79 Å². The molecule has 0 aliphatic rings. The van der Waals surface area contributed by atoms with E-state index in [0.29, 0.717) is 5.56 Å². The quantitative estimate of drug-likeness (QED) is 0.626. The van der Waals surface area contributed by atoms with E-state index >= 15 is 0 Å². The van der Waals surface area contributed by atoms with Crippen LogP contribution in [0.15, 0.2) is 51.9 Å². The first-order valence-electron chi connectivity index (χ1n) is 7.53. The number of nitrogens with zero attached hydrogens (tertiary/aromatic N) is 2. The third-order valence-electron chi connectivity index (χ3n) is 3.59. The molecule has 0 fully saturated rings. The fourth-order valence-corrected chi connectivity index (χ4v) is 4.03. The maximum absolute atomic E-state index is 12.4. The smallest absolute Gasteiger partial charge is 0.279 e. The number of rotatable bonds is 3. The van der Waals surface area contributed by atoms with Crippen LogP contribution >= 0.6 is 27.3 Å². The van der Waals surface area contributed by atoms with E-state index in [0.717, 1.165) is 38.0 Å². The van der Waals surface area contributed by atoms with Crippen molar-refractivity contribution in [1.29, 1.82) is 0 Å². The first-order chi connectivity index (χ1) is 11.1. The molecule has 0 aliphatic carbocycles. The largest absolute Gasteiger partial charge is 0.316 e. The van der Waals surface area contributed by atoms with Crippen LogP contribution in [0, 0.1) is 6.92 Å². The number of carbonyl (C=O) groups excluding carboxylic acids is 1. The lowest BCUT2D eigenvalue weighted by atomic mass is 10.1. The van der Waals surface area contributed by atoms with Gasteiger partial charge in [0.1, 0.15) is 0 Å². The number of benzene rings is 2. The van der Waals surface area contributed by atoms with E-state index < -0.39 is 0 Å². The van der Waals surface area contributed by atoms with E-state index in [-0.39, 0.29) is 5.91 Å². The van der Waals surface area contributed by atoms with Crippen LogP contribution in [0.4, 0.5) is 0 Å². The van der Waals surface area contributed by atoms with Crippen LogP contribution in [-0.4, -0.2) is 10.5 Å². The highest BCUT2D eigenvalue weighted by atomic mass is 79.9. The number of halogens is 1. The third kappa shape index (κ3) is 3.46. The van der Waals surface area contributed by atoms with Gasteiger partial charge in [-0.25, -0.2) is 0 Å². The summed E-state index contributed by atoms with van der Waals surface area (Å²) in [7, 11) is 0. The molecule has 2 aromatic carbocycles. The highest BCUT2D eigenvalue weighted by Gasteiger charge is 2.09. The molecule has 3 aromatic rings. The van der Waals surface area contributed by atoms with Crippen molar-refractivity contribution in [2.75, 3.05) is 0 Å². The summed E-state index contributed by atoms with van der Waals surface area (Å²) in [6.07, 6.45) is 0.994. The van der Waals surface area contributed by atoms with Gasteiger partial charge in [-0.2, -0.15) is 4.99 Å². The molecule has 1 heterocycles. The summed E-state index contributed by atoms with van der Waals surface area (Å²) in [5, 5.41) is 0. The maximum Gasteiger partial charge on any atom is 0.279 e. The summed E-state index contributed by atoms with van der Waals surface area (Å²) < 4.78 is 4.29. The lowest BCUT2D eigenvalue weighted by Gasteiger charge is -2.02. The molecular weight excluding hydrogens is 372 g/mol. The summed E-state index contributed by atoms with van der Waals surface area (Å²) in [6, 6.07) is 13.7. The molecule has 0 atom stereocenters. The molecule has 5 heteroatoms. The maximum atomic E-state index is 12.4. The van der Waals surface area contributed by atoms with E-state index in [2.05, 4.69) is 44.5 Å². The van der Waals surface area contributed by atoms with Gasteiger partial charge in [-0.1, -0.05) is 51.9 Å². The van der Waals surface area contributed by atoms with Crippen molar-refractivity contribution in [3.05, 3.63) is 62.9 Å². The van der Waals surface area contributed by atoms with Crippen LogP contribution in [0.2, 0.25) is 0 Å². The molecule has 0 spiro atoms. The highest BCUT2D eigenvalue weighted by Crippen LogP contribution is 2.22. The molecular formula is C18H17BrN2OS. The Bertz CT molecular complexity index is 922. The molecule has 3 nitrogen and oxygen atoms in total. The van der Waals surface area contributed by atoms with E-state index in [4.69, 9.17) is 0 Å². The Morgan fingerprint density at radius 2 is 1.96 bits per heavy atom. The SMILES string of the molecule is CCCn1c(=NC(=O)c2ccc(C)cc2)sc2cc(Br)ccc21. The zero-order chi connectivity index (χ0) is 16.4. The predicted octanol–water partition coefficient (Wildman–Crippen LogP) is 4.92. The zero-order valence-electron chi connectivity index (χ0n) is 13.0. The van der Waals surface area contributed by atoms with Crippen LogP contribution in [-0.2, 0) is 6.54 Å². The summed E-state index contributed by atoms with van der Waals surface area (Å²) in [5.41, 5.74) is 2.88. The molecule has 1 aromatic heterocycles. The molecule has 3 rings (SSSR count). The second kappa shape index (κ2) is 6.81. The Hall–Kier alpha value is -1.72. The molecule has 0 N–H and O–H groups in total. The minimum Gasteiger partial charge on any atom is -0.316 e. The number of aryl methyl sites for hydroxylation is 2. The van der Waals surface area contributed by atoms with E-state index in [1.54, 1.807) is 11.3 Å². The number of hydrogen-bond donors (Lipinski definition) is 0. The third-order valence-corrected chi connectivity index (χ3v) is 5.12. The van der Waals surface area contributed by atoms with E-state index in [9.17, 15) is 4.79 Å². The Balaban J connectivity index is 2.12. The van der Waals surface area contributed by atoms with Gasteiger partial charge in [0.15, 0.2) is 4.80 Å². The fraction of sp³-hybridized carbons (Fsp3) is 0.222. The molecule has 0 radical (unpaired) electrons. The van der Waals surface area contributed by atoms with Crippen molar-refractivity contribution in [3.63, 3.8) is 0 Å². The topological polar surface area (TPSA) is 34.4 Å². The molecule has 0 aliphatic heterocycles. The monoisotopic (exact) mass is 388 g/mol. The van der Waals surface area contributed by atoms with Gasteiger partial charge in [0, 0.05) is 16.6 Å². The summed E-state index contributed by atoms with van der Waals surface area (Å²) in [4.78, 5) is 17.6. The van der Waals surface area contributed by atoms with Crippen molar-refractivity contribution >= 4 is 43.4 Å². The average Bonchev–Trinajstić information content (AvgIpc) is 2.85. The van der Waals surface area contributed by atoms with Gasteiger partial charge >= 0.3 is 0 Å². The Labute approximate surface area is 147 Å². The fourth-order valence-electron chi connectivity index (χ4n) is 2.42. The Morgan fingerprint density at radius 1 is 1.22 bits per heavy atom. The van der Waals surface area contributed by atoms with Crippen LogP contribution in [0.5, 0.6) is 0 Å².